The number of benzene rings is 5. The fraction of sp³-hybridized carbons (Fsp3) is 0.542. The number of phenolic OH excluding ortho intramolecular Hbond substituents is 3. The molecule has 5 aromatic rings. The van der Waals surface area contributed by atoms with Gasteiger partial charge in [-0.15, -0.1) is 0 Å². The Hall–Kier alpha value is -9.61. The zero-order valence-corrected chi connectivity index (χ0v) is 67.6. The maximum atomic E-state index is 16.7. The second kappa shape index (κ2) is 34.4. The molecule has 4 aliphatic carbocycles. The van der Waals surface area contributed by atoms with Gasteiger partial charge in [-0.25, -0.2) is 0 Å². The first-order valence-electron chi connectivity index (χ1n) is 40.3. The average molecular weight is 1690 g/mol. The second-order valence-corrected chi connectivity index (χ2v) is 34.7. The highest BCUT2D eigenvalue weighted by Gasteiger charge is 2.56. The lowest BCUT2D eigenvalue weighted by Crippen LogP contribution is -2.64. The van der Waals surface area contributed by atoms with Gasteiger partial charge in [-0.1, -0.05) is 49.7 Å². The van der Waals surface area contributed by atoms with Gasteiger partial charge in [0.25, 0.3) is 0 Å². The second-order valence-electron chi connectivity index (χ2n) is 34.3. The van der Waals surface area contributed by atoms with E-state index in [-0.39, 0.29) is 86.9 Å². The van der Waals surface area contributed by atoms with E-state index in [2.05, 4.69) is 42.5 Å². The summed E-state index contributed by atoms with van der Waals surface area (Å²) in [6.45, 7) is 8.73. The number of fused-ring (bicyclic) bond motifs is 15. The van der Waals surface area contributed by atoms with E-state index in [1.165, 1.54) is 76.3 Å². The lowest BCUT2D eigenvalue weighted by atomic mass is 9.54. The molecule has 8 aliphatic heterocycles. The number of nitrogens with one attached hydrogen (secondary N) is 8. The van der Waals surface area contributed by atoms with E-state index in [4.69, 9.17) is 66.7 Å². The Bertz CT molecular complexity index is 4740. The van der Waals surface area contributed by atoms with E-state index >= 15 is 28.8 Å². The van der Waals surface area contributed by atoms with Crippen molar-refractivity contribution in [3.05, 3.63) is 118 Å². The Morgan fingerprint density at radius 2 is 1.27 bits per heavy atom. The van der Waals surface area contributed by atoms with Crippen molar-refractivity contribution in [2.45, 2.75) is 239 Å². The first-order valence-corrected chi connectivity index (χ1v) is 40.7. The van der Waals surface area contributed by atoms with Crippen molar-refractivity contribution < 1.29 is 122 Å². The molecule has 8 heterocycles. The Morgan fingerprint density at radius 1 is 0.658 bits per heavy atom. The molecule has 15 bridgehead atoms. The number of likely N-dealkylation sites (N-methyl/N-ethyl adjacent to an activating group) is 1. The zero-order valence-electron chi connectivity index (χ0n) is 66.9. The summed E-state index contributed by atoms with van der Waals surface area (Å²) in [5, 5.41) is 127. The quantitative estimate of drug-likeness (QED) is 0.0627. The number of carbonyl (C=O) groups excluding carboxylic acids is 8. The monoisotopic (exact) mass is 1690 g/mol. The summed E-state index contributed by atoms with van der Waals surface area (Å²) in [5.74, 6) is -15.6. The third kappa shape index (κ3) is 17.9. The lowest BCUT2D eigenvalue weighted by Gasteiger charge is -2.54. The van der Waals surface area contributed by atoms with Crippen molar-refractivity contribution in [2.24, 2.45) is 46.8 Å². The number of aliphatic hydroxyl groups is 6. The number of nitrogens with two attached hydrogens (primary N) is 3. The summed E-state index contributed by atoms with van der Waals surface area (Å²) in [6.07, 6.45) is -14.9. The number of carbonyl (C=O) groups is 8. The van der Waals surface area contributed by atoms with Crippen molar-refractivity contribution in [1.29, 1.82) is 0 Å². The van der Waals surface area contributed by atoms with Crippen LogP contribution in [0.1, 0.15) is 164 Å². The minimum Gasteiger partial charge on any atom is -0.508 e. The smallest absolute Gasteiger partial charge is 0.332 e. The number of rotatable bonds is 16. The SMILES string of the molecule is CN[C@H](CC(C)C)C(=O)N[C@H]1C(=O)N[C@@H](CC(N)=O)C(=O)N[C@H]2C(=O)N[C@H]3C(=O)N[C@H](C(=O)N[C@H](C(=O)NC4C5CC6CC(C5)CC4C6)c4cc(O)cc(O)c4-c4cc3ccc4O)[C@H](O[C@@H]3CC(C)(N)[C@H](O)[C@@H](C)O3)c3ccc(cc3)Oc3cc2cc(c3O[C@@]2(O[C@@H]3CC(C)(N)[C@H](O)[C@@H](C)O3)C[C@@H](O)[C@H](O)[C@@H](CO)O2)Oc2ccc(cc2Cl)[C@H]1O. The van der Waals surface area contributed by atoms with Crippen LogP contribution in [-0.4, -0.2) is 209 Å². The van der Waals surface area contributed by atoms with Crippen molar-refractivity contribution in [3.8, 4) is 57.1 Å². The number of aliphatic hydroxyl groups excluding tert-OH is 6. The standard InChI is InChI=1S/C83H104ClN11O25/c1-33(2)16-49(88-7)74(106)94-66-68(102)40-11-15-54(48(84)23-40)116-56-25-43-24-55(71(56)120-83(29-53(100)69(103)57(32-96)118-83)119-60-31-82(6,87)73(105)35(4)114-60)115-45-12-8-38(9-13-45)70(117-59-30-81(5,86)72(104)34(3)113-59)67-80(112)93-65(78(110)90-62-41-18-36-17-37(20-41)21-42(62)19-36)47-26-44(97)27-52(99)61(47)46-22-39(10-14-51(46)98)63(76(108)95-67)92-77(109)64(43)91-75(107)50(28-58(85)101)89-79(66)111/h8-15,22-27,33-37,41-42,49-50,53,57,59-60,62-70,72-73,88,96-100,102-105H,16-21,28-32,86-87H2,1-7H3,(H2,85,101)(H,89,111)(H,90,110)(H,91,107)(H,92,109)(H,93,112)(H,94,106)(H,95,108)/t34-,35-,36?,37?,41?,42?,49-,50+,53-,57-,59-,60-,62?,63-,64-,65+,66-,67+,68-,69+,70-,72-,73-,81?,82?,83+/m1/s1. The van der Waals surface area contributed by atoms with Crippen LogP contribution in [0.15, 0.2) is 84.9 Å². The van der Waals surface area contributed by atoms with Crippen LogP contribution in [0.4, 0.5) is 0 Å². The molecule has 8 amide bonds. The molecule has 0 radical (unpaired) electrons. The summed E-state index contributed by atoms with van der Waals surface area (Å²) in [7, 11) is 1.49. The summed E-state index contributed by atoms with van der Waals surface area (Å²) in [6, 6.07) is 2.66. The van der Waals surface area contributed by atoms with Crippen LogP contribution in [0, 0.1) is 29.6 Å². The highest BCUT2D eigenvalue weighted by Crippen LogP contribution is 2.55. The molecule has 36 nitrogen and oxygen atoms in total. The number of ether oxygens (including phenoxy) is 8. The topological polar surface area (TPSA) is 567 Å². The van der Waals surface area contributed by atoms with Gasteiger partial charge in [-0.3, -0.25) is 43.1 Å². The molecule has 23 N–H and O–H groups in total. The normalized spacial score (nSPS) is 35.1. The van der Waals surface area contributed by atoms with Crippen LogP contribution >= 0.6 is 11.6 Å². The number of phenols is 3. The lowest BCUT2D eigenvalue weighted by molar-refractivity contribution is -0.442. The molecule has 5 aromatic carbocycles. The predicted octanol–water partition coefficient (Wildman–Crippen LogP) is 1.90. The Morgan fingerprint density at radius 3 is 1.89 bits per heavy atom. The van der Waals surface area contributed by atoms with Crippen molar-refractivity contribution in [1.82, 2.24) is 42.5 Å². The van der Waals surface area contributed by atoms with E-state index in [0.29, 0.717) is 11.8 Å². The number of amides is 8. The summed E-state index contributed by atoms with van der Waals surface area (Å²) in [5.41, 5.74) is 14.6. The molecular formula is C83H104ClN11O25. The van der Waals surface area contributed by atoms with Crippen LogP contribution in [-0.2, 0) is 62.0 Å². The van der Waals surface area contributed by atoms with Gasteiger partial charge in [0.2, 0.25) is 53.0 Å². The molecule has 37 heteroatoms. The number of primary amides is 1. The number of aromatic hydroxyl groups is 3. The molecule has 12 aliphatic rings. The van der Waals surface area contributed by atoms with E-state index in [1.54, 1.807) is 6.92 Å². The van der Waals surface area contributed by atoms with E-state index < -0.39 is 240 Å². The van der Waals surface area contributed by atoms with Crippen molar-refractivity contribution in [3.63, 3.8) is 0 Å². The van der Waals surface area contributed by atoms with Gasteiger partial charge in [0.15, 0.2) is 24.1 Å². The molecule has 4 saturated carbocycles. The minimum atomic E-state index is -2.80. The van der Waals surface area contributed by atoms with Crippen LogP contribution < -0.4 is 73.9 Å². The van der Waals surface area contributed by atoms with Gasteiger partial charge in [0.1, 0.15) is 89.4 Å². The Labute approximate surface area is 694 Å². The third-order valence-corrected chi connectivity index (χ3v) is 24.9. The van der Waals surface area contributed by atoms with Crippen LogP contribution in [0.25, 0.3) is 11.1 Å². The van der Waals surface area contributed by atoms with E-state index in [1.807, 2.05) is 13.8 Å². The Kier molecular flexibility index (Phi) is 24.8. The van der Waals surface area contributed by atoms with Crippen LogP contribution in [0.5, 0.6) is 46.0 Å². The van der Waals surface area contributed by atoms with Gasteiger partial charge < -0.3 is 139 Å². The van der Waals surface area contributed by atoms with E-state index in [9.17, 15) is 55.5 Å². The summed E-state index contributed by atoms with van der Waals surface area (Å²) < 4.78 is 53.2. The highest BCUT2D eigenvalue weighted by molar-refractivity contribution is 6.32. The number of hydrogen-bond acceptors (Lipinski definition) is 28. The number of hydrogen-bond donors (Lipinski definition) is 20. The largest absolute Gasteiger partial charge is 0.508 e. The highest BCUT2D eigenvalue weighted by atomic mass is 35.5. The van der Waals surface area contributed by atoms with E-state index in [0.717, 1.165) is 68.5 Å². The predicted molar refractivity (Wildman–Crippen MR) is 422 cm³/mol. The van der Waals surface area contributed by atoms with Crippen molar-refractivity contribution >= 4 is 58.9 Å². The molecule has 0 aromatic heterocycles. The third-order valence-electron chi connectivity index (χ3n) is 24.6. The van der Waals surface area contributed by atoms with Crippen LogP contribution in [0.2, 0.25) is 5.02 Å². The fourth-order valence-electron chi connectivity index (χ4n) is 18.7. The number of halogens is 1. The van der Waals surface area contributed by atoms with Crippen LogP contribution in [0.3, 0.4) is 0 Å². The molecule has 3 saturated heterocycles. The summed E-state index contributed by atoms with van der Waals surface area (Å²) in [4.78, 5) is 124. The Balaban J connectivity index is 1.00. The molecule has 21 atom stereocenters. The minimum absolute atomic E-state index is 0.0261. The summed E-state index contributed by atoms with van der Waals surface area (Å²) >= 11 is 7.22. The maximum absolute atomic E-state index is 16.7. The zero-order chi connectivity index (χ0) is 86.2. The molecule has 120 heavy (non-hydrogen) atoms. The van der Waals surface area contributed by atoms with Gasteiger partial charge in [-0.05, 0) is 185 Å². The van der Waals surface area contributed by atoms with Gasteiger partial charge in [0, 0.05) is 47.2 Å². The van der Waals surface area contributed by atoms with Gasteiger partial charge in [-0.2, -0.15) is 0 Å². The molecule has 7 fully saturated rings. The van der Waals surface area contributed by atoms with Crippen molar-refractivity contribution in [2.75, 3.05) is 13.7 Å². The molecular weight excluding hydrogens is 1590 g/mol. The fourth-order valence-corrected chi connectivity index (χ4v) is 18.9. The molecule has 2 unspecified atom stereocenters. The maximum Gasteiger partial charge on any atom is 0.332 e. The van der Waals surface area contributed by atoms with Gasteiger partial charge in [0.05, 0.1) is 61.0 Å². The first-order chi connectivity index (χ1) is 56.8. The molecule has 17 rings (SSSR count). The van der Waals surface area contributed by atoms with Gasteiger partial charge >= 0.3 is 5.97 Å². The average Bonchev–Trinajstić information content (AvgIpc) is 0.756. The molecule has 0 spiro atoms. The molecule has 648 valence electrons. The first kappa shape index (κ1) is 86.8.